The molecular formula is C9H14O2. The lowest BCUT2D eigenvalue weighted by molar-refractivity contribution is -0.137. The van der Waals surface area contributed by atoms with Crippen molar-refractivity contribution in [3.05, 3.63) is 38.5 Å². The van der Waals surface area contributed by atoms with Gasteiger partial charge in [0, 0.05) is 6.08 Å². The fourth-order valence-corrected chi connectivity index (χ4v) is 0.302. The van der Waals surface area contributed by atoms with Crippen LogP contribution < -0.4 is 0 Å². The molecule has 0 rings (SSSR count). The summed E-state index contributed by atoms with van der Waals surface area (Å²) in [5.41, 5.74) is 0. The lowest BCUT2D eigenvalue weighted by atomic mass is 10.4. The fraction of sp³-hybridized carbons (Fsp3) is 0.222. The highest BCUT2D eigenvalue weighted by Crippen LogP contribution is 1.83. The molecular weight excluding hydrogens is 140 g/mol. The standard InChI is InChI=1S/C7H10O2.C2H4/c1-3-5-6-9-7(8)4-2;1-2/h3-4H,1-2,5-6H2;1-2H2. The summed E-state index contributed by atoms with van der Waals surface area (Å²) < 4.78 is 4.60. The summed E-state index contributed by atoms with van der Waals surface area (Å²) >= 11 is 0. The van der Waals surface area contributed by atoms with Gasteiger partial charge in [0.2, 0.25) is 0 Å². The Balaban J connectivity index is 0. The number of hydrogen-bond donors (Lipinski definition) is 0. The Labute approximate surface area is 67.9 Å². The van der Waals surface area contributed by atoms with Crippen molar-refractivity contribution in [2.75, 3.05) is 6.61 Å². The van der Waals surface area contributed by atoms with E-state index in [4.69, 9.17) is 0 Å². The predicted molar refractivity (Wildman–Crippen MR) is 47.2 cm³/mol. The zero-order chi connectivity index (χ0) is 9.11. The van der Waals surface area contributed by atoms with Crippen molar-refractivity contribution >= 4 is 5.97 Å². The molecule has 2 heteroatoms. The molecule has 0 spiro atoms. The number of esters is 1. The molecule has 0 aromatic rings. The van der Waals surface area contributed by atoms with Crippen molar-refractivity contribution in [3.8, 4) is 0 Å². The van der Waals surface area contributed by atoms with Gasteiger partial charge in [-0.3, -0.25) is 0 Å². The molecule has 0 radical (unpaired) electrons. The van der Waals surface area contributed by atoms with Gasteiger partial charge in [0.05, 0.1) is 6.61 Å². The van der Waals surface area contributed by atoms with Crippen LogP contribution in [-0.2, 0) is 9.53 Å². The van der Waals surface area contributed by atoms with Crippen molar-refractivity contribution in [2.45, 2.75) is 6.42 Å². The average Bonchev–Trinajstić information content (AvgIpc) is 2.08. The Morgan fingerprint density at radius 3 is 2.27 bits per heavy atom. The van der Waals surface area contributed by atoms with Crippen molar-refractivity contribution in [1.82, 2.24) is 0 Å². The van der Waals surface area contributed by atoms with Crippen LogP contribution in [0.3, 0.4) is 0 Å². The molecule has 0 bridgehead atoms. The van der Waals surface area contributed by atoms with E-state index in [-0.39, 0.29) is 5.97 Å². The molecule has 0 aliphatic rings. The van der Waals surface area contributed by atoms with Crippen molar-refractivity contribution < 1.29 is 9.53 Å². The van der Waals surface area contributed by atoms with Crippen molar-refractivity contribution in [2.24, 2.45) is 0 Å². The monoisotopic (exact) mass is 154 g/mol. The summed E-state index contributed by atoms with van der Waals surface area (Å²) in [5.74, 6) is -0.378. The van der Waals surface area contributed by atoms with Crippen molar-refractivity contribution in [1.29, 1.82) is 0 Å². The third kappa shape index (κ3) is 12.0. The quantitative estimate of drug-likeness (QED) is 0.268. The predicted octanol–water partition coefficient (Wildman–Crippen LogP) is 2.09. The maximum absolute atomic E-state index is 10.3. The Morgan fingerprint density at radius 1 is 1.36 bits per heavy atom. The van der Waals surface area contributed by atoms with Crippen LogP contribution in [-0.4, -0.2) is 12.6 Å². The molecule has 0 saturated heterocycles. The highest BCUT2D eigenvalue weighted by molar-refractivity contribution is 5.81. The van der Waals surface area contributed by atoms with E-state index in [1.807, 2.05) is 0 Å². The van der Waals surface area contributed by atoms with Crippen molar-refractivity contribution in [3.63, 3.8) is 0 Å². The summed E-state index contributed by atoms with van der Waals surface area (Å²) in [7, 11) is 0. The number of ether oxygens (including phenoxy) is 1. The normalized spacial score (nSPS) is 6.91. The van der Waals surface area contributed by atoms with E-state index in [2.05, 4.69) is 31.1 Å². The lowest BCUT2D eigenvalue weighted by Gasteiger charge is -1.95. The number of carbonyl (C=O) groups excluding carboxylic acids is 1. The highest BCUT2D eigenvalue weighted by atomic mass is 16.5. The zero-order valence-electron chi connectivity index (χ0n) is 6.71. The van der Waals surface area contributed by atoms with Gasteiger partial charge in [0.25, 0.3) is 0 Å². The number of carbonyl (C=O) groups is 1. The van der Waals surface area contributed by atoms with Gasteiger partial charge in [-0.25, -0.2) is 4.79 Å². The first-order valence-corrected chi connectivity index (χ1v) is 3.21. The first kappa shape index (κ1) is 12.4. The fourth-order valence-electron chi connectivity index (χ4n) is 0.302. The smallest absolute Gasteiger partial charge is 0.330 e. The Bertz CT molecular complexity index is 128. The van der Waals surface area contributed by atoms with E-state index in [9.17, 15) is 4.79 Å². The summed E-state index contributed by atoms with van der Waals surface area (Å²) in [6.45, 7) is 13.1. The van der Waals surface area contributed by atoms with Crippen LogP contribution in [0, 0.1) is 0 Å². The van der Waals surface area contributed by atoms with Gasteiger partial charge >= 0.3 is 5.97 Å². The molecule has 0 unspecified atom stereocenters. The third-order valence-corrected chi connectivity index (χ3v) is 0.733. The van der Waals surface area contributed by atoms with Crippen LogP contribution >= 0.6 is 0 Å². The molecule has 0 atom stereocenters. The maximum Gasteiger partial charge on any atom is 0.330 e. The lowest BCUT2D eigenvalue weighted by Crippen LogP contribution is -2.00. The van der Waals surface area contributed by atoms with E-state index in [0.717, 1.165) is 6.08 Å². The SMILES string of the molecule is C=C.C=CCCOC(=O)C=C. The van der Waals surface area contributed by atoms with E-state index >= 15 is 0 Å². The summed E-state index contributed by atoms with van der Waals surface area (Å²) in [6.07, 6.45) is 3.53. The third-order valence-electron chi connectivity index (χ3n) is 0.733. The molecule has 0 aliphatic carbocycles. The van der Waals surface area contributed by atoms with Crippen LogP contribution in [0.1, 0.15) is 6.42 Å². The minimum Gasteiger partial charge on any atom is -0.462 e. The summed E-state index contributed by atoms with van der Waals surface area (Å²) in [6, 6.07) is 0. The topological polar surface area (TPSA) is 26.3 Å². The Hall–Kier alpha value is -1.31. The first-order valence-electron chi connectivity index (χ1n) is 3.21. The van der Waals surface area contributed by atoms with Crippen LogP contribution in [0.25, 0.3) is 0 Å². The Kier molecular flexibility index (Phi) is 12.9. The molecule has 0 amide bonds. The van der Waals surface area contributed by atoms with Crippen LogP contribution in [0.2, 0.25) is 0 Å². The molecule has 0 aromatic carbocycles. The molecule has 62 valence electrons. The van der Waals surface area contributed by atoms with E-state index in [0.29, 0.717) is 13.0 Å². The van der Waals surface area contributed by atoms with Gasteiger partial charge in [-0.05, 0) is 6.42 Å². The highest BCUT2D eigenvalue weighted by Gasteiger charge is 1.90. The number of rotatable bonds is 4. The van der Waals surface area contributed by atoms with E-state index in [1.54, 1.807) is 6.08 Å². The van der Waals surface area contributed by atoms with Gasteiger partial charge in [0.1, 0.15) is 0 Å². The average molecular weight is 154 g/mol. The molecule has 0 saturated carbocycles. The van der Waals surface area contributed by atoms with Gasteiger partial charge < -0.3 is 4.74 Å². The molecule has 0 N–H and O–H groups in total. The van der Waals surface area contributed by atoms with Crippen LogP contribution in [0.5, 0.6) is 0 Å². The second-order valence-electron chi connectivity index (χ2n) is 1.45. The van der Waals surface area contributed by atoms with Gasteiger partial charge in [-0.15, -0.1) is 19.7 Å². The maximum atomic E-state index is 10.3. The minimum atomic E-state index is -0.378. The zero-order valence-corrected chi connectivity index (χ0v) is 6.71. The Morgan fingerprint density at radius 2 is 1.91 bits per heavy atom. The molecule has 0 aliphatic heterocycles. The molecule has 0 aromatic heterocycles. The van der Waals surface area contributed by atoms with E-state index in [1.165, 1.54) is 0 Å². The van der Waals surface area contributed by atoms with Gasteiger partial charge in [0.15, 0.2) is 0 Å². The second kappa shape index (κ2) is 11.5. The van der Waals surface area contributed by atoms with Gasteiger partial charge in [-0.1, -0.05) is 12.7 Å². The number of hydrogen-bond acceptors (Lipinski definition) is 2. The van der Waals surface area contributed by atoms with Gasteiger partial charge in [-0.2, -0.15) is 0 Å². The molecule has 11 heavy (non-hydrogen) atoms. The minimum absolute atomic E-state index is 0.378. The largest absolute Gasteiger partial charge is 0.462 e. The summed E-state index contributed by atoms with van der Waals surface area (Å²) in [4.78, 5) is 10.3. The molecule has 0 fully saturated rings. The van der Waals surface area contributed by atoms with Crippen LogP contribution in [0.4, 0.5) is 0 Å². The second-order valence-corrected chi connectivity index (χ2v) is 1.45. The van der Waals surface area contributed by atoms with Crippen LogP contribution in [0.15, 0.2) is 38.5 Å². The first-order chi connectivity index (χ1) is 5.31. The summed E-state index contributed by atoms with van der Waals surface area (Å²) in [5, 5.41) is 0. The molecule has 2 nitrogen and oxygen atoms in total. The molecule has 0 heterocycles. The van der Waals surface area contributed by atoms with E-state index < -0.39 is 0 Å².